The van der Waals surface area contributed by atoms with Gasteiger partial charge >= 0.3 is 0 Å². The summed E-state index contributed by atoms with van der Waals surface area (Å²) in [7, 11) is 0. The molecule has 0 saturated carbocycles. The lowest BCUT2D eigenvalue weighted by Crippen LogP contribution is -2.37. The number of hydrogen-bond acceptors (Lipinski definition) is 3. The fraction of sp³-hybridized carbons (Fsp3) is 0.263. The molecule has 2 N–H and O–H groups in total. The minimum Gasteiger partial charge on any atom is -0.398 e. The number of nitrogens with two attached hydrogens (primary N) is 1. The van der Waals surface area contributed by atoms with Crippen LogP contribution in [-0.2, 0) is 0 Å². The van der Waals surface area contributed by atoms with Gasteiger partial charge in [-0.05, 0) is 36.8 Å². The molecule has 3 rings (SSSR count). The number of carbonyl (C=O) groups excluding carboxylic acids is 2. The molecule has 2 aromatic rings. The maximum absolute atomic E-state index is 13.3. The molecule has 5 nitrogen and oxygen atoms in total. The normalized spacial score (nSPS) is 14.9. The average molecular weight is 341 g/mol. The number of carbonyl (C=O) groups is 2. The maximum atomic E-state index is 13.3. The smallest absolute Gasteiger partial charge is 0.256 e. The van der Waals surface area contributed by atoms with Crippen molar-refractivity contribution in [3.8, 4) is 0 Å². The molecule has 1 aliphatic heterocycles. The second kappa shape index (κ2) is 7.34. The first-order valence-corrected chi connectivity index (χ1v) is 8.25. The first-order chi connectivity index (χ1) is 12.1. The molecule has 130 valence electrons. The molecule has 0 atom stereocenters. The lowest BCUT2D eigenvalue weighted by molar-refractivity contribution is 0.0719. The molecule has 25 heavy (non-hydrogen) atoms. The molecule has 0 bridgehead atoms. The summed E-state index contributed by atoms with van der Waals surface area (Å²) in [6.07, 6.45) is 0.666. The molecular formula is C19H20FN3O2. The lowest BCUT2D eigenvalue weighted by Gasteiger charge is -2.22. The highest BCUT2D eigenvalue weighted by Gasteiger charge is 2.24. The van der Waals surface area contributed by atoms with Gasteiger partial charge in [0.15, 0.2) is 0 Å². The van der Waals surface area contributed by atoms with Gasteiger partial charge in [0.05, 0.1) is 5.56 Å². The summed E-state index contributed by atoms with van der Waals surface area (Å²) in [6.45, 7) is 1.92. The van der Waals surface area contributed by atoms with E-state index < -0.39 is 5.82 Å². The van der Waals surface area contributed by atoms with Gasteiger partial charge in [0.1, 0.15) is 5.82 Å². The molecule has 0 radical (unpaired) electrons. The van der Waals surface area contributed by atoms with Gasteiger partial charge < -0.3 is 15.5 Å². The van der Waals surface area contributed by atoms with Gasteiger partial charge in [-0.25, -0.2) is 4.39 Å². The van der Waals surface area contributed by atoms with E-state index in [1.54, 1.807) is 40.1 Å². The predicted octanol–water partition coefficient (Wildman–Crippen LogP) is 2.40. The van der Waals surface area contributed by atoms with Crippen LogP contribution in [0.5, 0.6) is 0 Å². The van der Waals surface area contributed by atoms with Crippen molar-refractivity contribution in [2.45, 2.75) is 6.42 Å². The molecule has 1 heterocycles. The fourth-order valence-electron chi connectivity index (χ4n) is 2.99. The Morgan fingerprint density at radius 3 is 2.24 bits per heavy atom. The van der Waals surface area contributed by atoms with E-state index in [0.717, 1.165) is 0 Å². The minimum atomic E-state index is -0.433. The third-order valence-corrected chi connectivity index (χ3v) is 4.33. The van der Waals surface area contributed by atoms with E-state index in [2.05, 4.69) is 0 Å². The van der Waals surface area contributed by atoms with Crippen LogP contribution in [0.2, 0.25) is 0 Å². The van der Waals surface area contributed by atoms with E-state index in [-0.39, 0.29) is 11.8 Å². The summed E-state index contributed by atoms with van der Waals surface area (Å²) >= 11 is 0. The summed E-state index contributed by atoms with van der Waals surface area (Å²) < 4.78 is 13.3. The molecule has 1 saturated heterocycles. The molecule has 0 aromatic heterocycles. The molecule has 0 spiro atoms. The van der Waals surface area contributed by atoms with Gasteiger partial charge in [-0.15, -0.1) is 0 Å². The molecule has 0 unspecified atom stereocenters. The molecule has 2 amide bonds. The number of amides is 2. The third kappa shape index (κ3) is 3.79. The summed E-state index contributed by atoms with van der Waals surface area (Å²) in [6, 6.07) is 12.6. The minimum absolute atomic E-state index is 0.127. The Labute approximate surface area is 145 Å². The van der Waals surface area contributed by atoms with E-state index in [9.17, 15) is 14.0 Å². The Balaban J connectivity index is 1.69. The molecule has 1 fully saturated rings. The van der Waals surface area contributed by atoms with Gasteiger partial charge in [0.25, 0.3) is 11.8 Å². The fourth-order valence-corrected chi connectivity index (χ4v) is 2.99. The molecule has 6 heteroatoms. The Bertz CT molecular complexity index is 794. The van der Waals surface area contributed by atoms with E-state index >= 15 is 0 Å². The number of para-hydroxylation sites is 1. The number of halogens is 1. The predicted molar refractivity (Wildman–Crippen MR) is 93.7 cm³/mol. The summed E-state index contributed by atoms with van der Waals surface area (Å²) in [5.41, 5.74) is 7.14. The molecule has 1 aliphatic rings. The summed E-state index contributed by atoms with van der Waals surface area (Å²) in [5.74, 6) is -0.775. The highest BCUT2D eigenvalue weighted by atomic mass is 19.1. The third-order valence-electron chi connectivity index (χ3n) is 4.33. The van der Waals surface area contributed by atoms with Crippen molar-refractivity contribution in [1.29, 1.82) is 0 Å². The summed E-state index contributed by atoms with van der Waals surface area (Å²) in [5, 5.41) is 0. The largest absolute Gasteiger partial charge is 0.398 e. The van der Waals surface area contributed by atoms with Crippen LogP contribution in [0.25, 0.3) is 0 Å². The number of anilines is 1. The van der Waals surface area contributed by atoms with E-state index in [1.165, 1.54) is 18.2 Å². The van der Waals surface area contributed by atoms with Crippen LogP contribution in [0.15, 0.2) is 48.5 Å². The quantitative estimate of drug-likeness (QED) is 0.853. The van der Waals surface area contributed by atoms with Gasteiger partial charge in [0, 0.05) is 37.4 Å². The second-order valence-corrected chi connectivity index (χ2v) is 6.04. The second-order valence-electron chi connectivity index (χ2n) is 6.04. The van der Waals surface area contributed by atoms with E-state index in [1.807, 2.05) is 0 Å². The maximum Gasteiger partial charge on any atom is 0.256 e. The van der Waals surface area contributed by atoms with Crippen LogP contribution in [0, 0.1) is 5.82 Å². The lowest BCUT2D eigenvalue weighted by atomic mass is 10.1. The van der Waals surface area contributed by atoms with E-state index in [0.29, 0.717) is 49.4 Å². The van der Waals surface area contributed by atoms with Crippen LogP contribution >= 0.6 is 0 Å². The first kappa shape index (κ1) is 17.0. The van der Waals surface area contributed by atoms with Crippen molar-refractivity contribution in [3.63, 3.8) is 0 Å². The van der Waals surface area contributed by atoms with Crippen LogP contribution in [0.3, 0.4) is 0 Å². The number of nitrogens with zero attached hydrogens (tertiary/aromatic N) is 2. The zero-order valence-corrected chi connectivity index (χ0v) is 13.8. The molecular weight excluding hydrogens is 321 g/mol. The Morgan fingerprint density at radius 1 is 0.880 bits per heavy atom. The van der Waals surface area contributed by atoms with Crippen molar-refractivity contribution in [2.24, 2.45) is 0 Å². The van der Waals surface area contributed by atoms with Gasteiger partial charge in [0.2, 0.25) is 0 Å². The van der Waals surface area contributed by atoms with Crippen molar-refractivity contribution in [3.05, 3.63) is 65.5 Å². The van der Waals surface area contributed by atoms with Gasteiger partial charge in [-0.1, -0.05) is 18.2 Å². The van der Waals surface area contributed by atoms with Crippen LogP contribution < -0.4 is 5.73 Å². The number of nitrogen functional groups attached to an aromatic ring is 1. The summed E-state index contributed by atoms with van der Waals surface area (Å²) in [4.78, 5) is 28.6. The van der Waals surface area contributed by atoms with Crippen LogP contribution in [0.4, 0.5) is 10.1 Å². The molecule has 0 aliphatic carbocycles. The van der Waals surface area contributed by atoms with Crippen molar-refractivity contribution < 1.29 is 14.0 Å². The number of benzene rings is 2. The van der Waals surface area contributed by atoms with E-state index in [4.69, 9.17) is 5.73 Å². The zero-order chi connectivity index (χ0) is 17.8. The van der Waals surface area contributed by atoms with Gasteiger partial charge in [-0.3, -0.25) is 9.59 Å². The highest BCUT2D eigenvalue weighted by molar-refractivity contribution is 5.99. The van der Waals surface area contributed by atoms with Gasteiger partial charge in [-0.2, -0.15) is 0 Å². The topological polar surface area (TPSA) is 66.6 Å². The Hall–Kier alpha value is -2.89. The zero-order valence-electron chi connectivity index (χ0n) is 13.8. The van der Waals surface area contributed by atoms with Crippen molar-refractivity contribution in [1.82, 2.24) is 9.80 Å². The van der Waals surface area contributed by atoms with Crippen molar-refractivity contribution >= 4 is 17.5 Å². The number of hydrogen-bond donors (Lipinski definition) is 1. The highest BCUT2D eigenvalue weighted by Crippen LogP contribution is 2.16. The monoisotopic (exact) mass is 341 g/mol. The van der Waals surface area contributed by atoms with Crippen LogP contribution in [-0.4, -0.2) is 47.8 Å². The first-order valence-electron chi connectivity index (χ1n) is 8.25. The Kier molecular flexibility index (Phi) is 4.97. The van der Waals surface area contributed by atoms with Crippen molar-refractivity contribution in [2.75, 3.05) is 31.9 Å². The standard InChI is InChI=1S/C19H20FN3O2/c20-15-6-3-5-14(13-15)18(24)22-9-4-10-23(12-11-22)19(25)16-7-1-2-8-17(16)21/h1-3,5-8,13H,4,9-12,21H2. The van der Waals surface area contributed by atoms with Crippen LogP contribution in [0.1, 0.15) is 27.1 Å². The Morgan fingerprint density at radius 2 is 1.56 bits per heavy atom. The SMILES string of the molecule is Nc1ccccc1C(=O)N1CCCN(C(=O)c2cccc(F)c2)CC1. The molecule has 2 aromatic carbocycles. The number of rotatable bonds is 2. The average Bonchev–Trinajstić information content (AvgIpc) is 2.87.